The number of aryl methyl sites for hydroxylation is 1. The van der Waals surface area contributed by atoms with E-state index in [9.17, 15) is 5.26 Å². The largest absolute Gasteiger partial charge is 0.497 e. The summed E-state index contributed by atoms with van der Waals surface area (Å²) in [6.07, 6.45) is 1.44. The first-order valence-corrected chi connectivity index (χ1v) is 11.3. The Kier molecular flexibility index (Phi) is 6.95. The minimum absolute atomic E-state index is 0.264. The summed E-state index contributed by atoms with van der Waals surface area (Å²) < 4.78 is 22.2. The molecule has 2 aromatic carbocycles. The van der Waals surface area contributed by atoms with Crippen LogP contribution in [0.4, 0.5) is 0 Å². The lowest BCUT2D eigenvalue weighted by Gasteiger charge is -2.22. The van der Waals surface area contributed by atoms with Crippen LogP contribution in [0, 0.1) is 11.3 Å². The van der Waals surface area contributed by atoms with Crippen LogP contribution in [0.3, 0.4) is 0 Å². The third kappa shape index (κ3) is 4.27. The van der Waals surface area contributed by atoms with Gasteiger partial charge < -0.3 is 18.9 Å². The van der Waals surface area contributed by atoms with E-state index in [0.717, 1.165) is 34.4 Å². The average molecular weight is 477 g/mol. The molecule has 1 aromatic heterocycles. The molecule has 1 heterocycles. The Hall–Kier alpha value is -3.69. The van der Waals surface area contributed by atoms with Crippen molar-refractivity contribution in [2.24, 2.45) is 0 Å². The van der Waals surface area contributed by atoms with E-state index in [4.69, 9.17) is 30.5 Å². The van der Waals surface area contributed by atoms with E-state index in [1.165, 1.54) is 0 Å². The molecule has 3 aromatic rings. The summed E-state index contributed by atoms with van der Waals surface area (Å²) in [5.41, 5.74) is 5.31. The van der Waals surface area contributed by atoms with Gasteiger partial charge in [-0.1, -0.05) is 11.6 Å². The van der Waals surface area contributed by atoms with Gasteiger partial charge in [0.25, 0.3) is 0 Å². The molecule has 0 spiro atoms. The number of nitriles is 1. The maximum atomic E-state index is 10.1. The Balaban J connectivity index is 1.96. The van der Waals surface area contributed by atoms with Crippen LogP contribution in [0.15, 0.2) is 42.5 Å². The summed E-state index contributed by atoms with van der Waals surface area (Å²) in [5.74, 6) is 2.35. The zero-order valence-electron chi connectivity index (χ0n) is 19.6. The first kappa shape index (κ1) is 23.5. The van der Waals surface area contributed by atoms with Gasteiger partial charge in [0.15, 0.2) is 0 Å². The van der Waals surface area contributed by atoms with Crippen LogP contribution in [0.2, 0.25) is 0 Å². The standard InChI is InChI=1S/C27H25ClN2O4/c1-5-34-27-23(15-29)21(14-24(30-27)22-13-18(32-3)8-11-25(22)33-4)20-9-6-16-12-17(31-2)7-10-19(16)26(20)28/h7-8,10-14H,5-6,9H2,1-4H3. The quantitative estimate of drug-likeness (QED) is 0.410. The molecular weight excluding hydrogens is 452 g/mol. The molecule has 0 saturated carbocycles. The van der Waals surface area contributed by atoms with Crippen LogP contribution in [0.1, 0.15) is 35.6 Å². The van der Waals surface area contributed by atoms with Crippen molar-refractivity contribution in [3.63, 3.8) is 0 Å². The van der Waals surface area contributed by atoms with Crippen LogP contribution >= 0.6 is 11.6 Å². The SMILES string of the molecule is CCOc1nc(-c2cc(OC)ccc2OC)cc(C2=C(Cl)c3ccc(OC)cc3CC2)c1C#N. The number of pyridine rings is 1. The molecule has 1 aliphatic carbocycles. The van der Waals surface area contributed by atoms with Crippen molar-refractivity contribution in [1.29, 1.82) is 5.26 Å². The monoisotopic (exact) mass is 476 g/mol. The molecule has 0 bridgehead atoms. The van der Waals surface area contributed by atoms with Crippen molar-refractivity contribution in [2.75, 3.05) is 27.9 Å². The van der Waals surface area contributed by atoms with Crippen molar-refractivity contribution < 1.29 is 18.9 Å². The predicted molar refractivity (Wildman–Crippen MR) is 133 cm³/mol. The van der Waals surface area contributed by atoms with Crippen LogP contribution < -0.4 is 18.9 Å². The van der Waals surface area contributed by atoms with Crippen LogP contribution in [-0.2, 0) is 6.42 Å². The highest BCUT2D eigenvalue weighted by molar-refractivity contribution is 6.53. The van der Waals surface area contributed by atoms with E-state index in [2.05, 4.69) is 11.1 Å². The molecule has 1 aliphatic rings. The molecule has 6 nitrogen and oxygen atoms in total. The van der Waals surface area contributed by atoms with Gasteiger partial charge in [0.05, 0.1) is 38.7 Å². The van der Waals surface area contributed by atoms with E-state index in [1.807, 2.05) is 49.4 Å². The number of benzene rings is 2. The zero-order valence-corrected chi connectivity index (χ0v) is 20.3. The number of fused-ring (bicyclic) bond motifs is 1. The van der Waals surface area contributed by atoms with E-state index < -0.39 is 0 Å². The van der Waals surface area contributed by atoms with E-state index >= 15 is 0 Å². The maximum absolute atomic E-state index is 10.1. The third-order valence-corrected chi connectivity index (χ3v) is 6.28. The minimum Gasteiger partial charge on any atom is -0.497 e. The van der Waals surface area contributed by atoms with Gasteiger partial charge in [-0.15, -0.1) is 0 Å². The van der Waals surface area contributed by atoms with Gasteiger partial charge in [0.1, 0.15) is 28.9 Å². The number of hydrogen-bond acceptors (Lipinski definition) is 6. The Bertz CT molecular complexity index is 1310. The van der Waals surface area contributed by atoms with Crippen molar-refractivity contribution >= 4 is 22.2 Å². The summed E-state index contributed by atoms with van der Waals surface area (Å²) in [6, 6.07) is 15.5. The predicted octanol–water partition coefficient (Wildman–Crippen LogP) is 6.10. The number of aromatic nitrogens is 1. The number of rotatable bonds is 7. The number of halogens is 1. The molecule has 0 saturated heterocycles. The fourth-order valence-electron chi connectivity index (χ4n) is 4.16. The maximum Gasteiger partial charge on any atom is 0.232 e. The average Bonchev–Trinajstić information content (AvgIpc) is 2.88. The summed E-state index contributed by atoms with van der Waals surface area (Å²) in [6.45, 7) is 2.23. The molecular formula is C27H25ClN2O4. The van der Waals surface area contributed by atoms with Gasteiger partial charge in [0, 0.05) is 11.1 Å². The fraction of sp³-hybridized carbons (Fsp3) is 0.259. The van der Waals surface area contributed by atoms with E-state index in [0.29, 0.717) is 46.4 Å². The second-order valence-electron chi connectivity index (χ2n) is 7.66. The van der Waals surface area contributed by atoms with E-state index in [-0.39, 0.29) is 5.88 Å². The second-order valence-corrected chi connectivity index (χ2v) is 8.04. The highest BCUT2D eigenvalue weighted by Gasteiger charge is 2.25. The van der Waals surface area contributed by atoms with Gasteiger partial charge in [-0.2, -0.15) is 5.26 Å². The van der Waals surface area contributed by atoms with Gasteiger partial charge in [-0.05, 0) is 78.9 Å². The summed E-state index contributed by atoms with van der Waals surface area (Å²) in [4.78, 5) is 4.67. The first-order chi connectivity index (χ1) is 16.5. The van der Waals surface area contributed by atoms with Gasteiger partial charge >= 0.3 is 0 Å². The smallest absolute Gasteiger partial charge is 0.232 e. The highest BCUT2D eigenvalue weighted by atomic mass is 35.5. The second kappa shape index (κ2) is 10.1. The third-order valence-electron chi connectivity index (χ3n) is 5.84. The number of methoxy groups -OCH3 is 3. The van der Waals surface area contributed by atoms with Gasteiger partial charge in [0.2, 0.25) is 5.88 Å². The summed E-state index contributed by atoms with van der Waals surface area (Å²) in [5, 5.41) is 10.7. The number of allylic oxidation sites excluding steroid dienone is 1. The lowest BCUT2D eigenvalue weighted by Crippen LogP contribution is -2.07. The minimum atomic E-state index is 0.264. The normalized spacial score (nSPS) is 12.6. The number of hydrogen-bond donors (Lipinski definition) is 0. The van der Waals surface area contributed by atoms with Crippen molar-refractivity contribution in [3.05, 3.63) is 64.7 Å². The molecule has 0 N–H and O–H groups in total. The van der Waals surface area contributed by atoms with Crippen molar-refractivity contribution in [3.8, 4) is 40.5 Å². The molecule has 0 amide bonds. The molecule has 0 fully saturated rings. The van der Waals surface area contributed by atoms with E-state index in [1.54, 1.807) is 21.3 Å². The fourth-order valence-corrected chi connectivity index (χ4v) is 4.54. The van der Waals surface area contributed by atoms with Crippen molar-refractivity contribution in [1.82, 2.24) is 4.98 Å². The molecule has 0 atom stereocenters. The molecule has 0 radical (unpaired) electrons. The Morgan fingerprint density at radius 3 is 2.32 bits per heavy atom. The topological polar surface area (TPSA) is 73.6 Å². The Morgan fingerprint density at radius 1 is 0.912 bits per heavy atom. The molecule has 0 aliphatic heterocycles. The van der Waals surface area contributed by atoms with Crippen LogP contribution in [0.5, 0.6) is 23.1 Å². The molecule has 0 unspecified atom stereocenters. The molecule has 174 valence electrons. The van der Waals surface area contributed by atoms with Crippen LogP contribution in [-0.4, -0.2) is 32.9 Å². The molecule has 7 heteroatoms. The lowest BCUT2D eigenvalue weighted by molar-refractivity contribution is 0.326. The van der Waals surface area contributed by atoms with Crippen molar-refractivity contribution in [2.45, 2.75) is 19.8 Å². The summed E-state index contributed by atoms with van der Waals surface area (Å²) in [7, 11) is 4.85. The summed E-state index contributed by atoms with van der Waals surface area (Å²) >= 11 is 6.93. The molecule has 34 heavy (non-hydrogen) atoms. The van der Waals surface area contributed by atoms with Gasteiger partial charge in [-0.3, -0.25) is 0 Å². The van der Waals surface area contributed by atoms with Crippen LogP contribution in [0.25, 0.3) is 21.9 Å². The first-order valence-electron chi connectivity index (χ1n) is 10.9. The zero-order chi connectivity index (χ0) is 24.2. The molecule has 4 rings (SSSR count). The Morgan fingerprint density at radius 2 is 1.65 bits per heavy atom. The highest BCUT2D eigenvalue weighted by Crippen LogP contribution is 2.44. The lowest BCUT2D eigenvalue weighted by atomic mass is 9.86. The number of nitrogens with zero attached hydrogens (tertiary/aromatic N) is 2. The Labute approximate surface area is 204 Å². The van der Waals surface area contributed by atoms with Gasteiger partial charge in [-0.25, -0.2) is 4.98 Å². The number of ether oxygens (including phenoxy) is 4.